The van der Waals surface area contributed by atoms with Crippen molar-refractivity contribution in [3.05, 3.63) is 58.0 Å². The van der Waals surface area contributed by atoms with Gasteiger partial charge in [0.15, 0.2) is 0 Å². The lowest BCUT2D eigenvalue weighted by Crippen LogP contribution is -2.08. The van der Waals surface area contributed by atoms with E-state index in [1.165, 1.54) is 0 Å². The topological polar surface area (TPSA) is 48.1 Å². The van der Waals surface area contributed by atoms with Crippen LogP contribution in [0.4, 0.5) is 0 Å². The highest BCUT2D eigenvalue weighted by Gasteiger charge is 2.13. The zero-order valence-corrected chi connectivity index (χ0v) is 13.0. The molecule has 4 heteroatoms. The largest absolute Gasteiger partial charge is 0.485 e. The van der Waals surface area contributed by atoms with Crippen molar-refractivity contribution in [1.82, 2.24) is 4.98 Å². The van der Waals surface area contributed by atoms with Gasteiger partial charge in [-0.3, -0.25) is 0 Å². The van der Waals surface area contributed by atoms with Crippen molar-refractivity contribution in [2.45, 2.75) is 26.5 Å². The average Bonchev–Trinajstić information content (AvgIpc) is 2.90. The van der Waals surface area contributed by atoms with Crippen LogP contribution >= 0.6 is 11.3 Å². The number of fused-ring (bicyclic) bond motifs is 1. The molecule has 0 fully saturated rings. The Bertz CT molecular complexity index is 764. The lowest BCUT2D eigenvalue weighted by atomic mass is 10.0. The second-order valence-electron chi connectivity index (χ2n) is 5.17. The molecule has 0 aliphatic heterocycles. The van der Waals surface area contributed by atoms with E-state index in [2.05, 4.69) is 29.2 Å². The van der Waals surface area contributed by atoms with Crippen LogP contribution in [-0.2, 0) is 6.61 Å². The van der Waals surface area contributed by atoms with Crippen molar-refractivity contribution >= 4 is 22.1 Å². The van der Waals surface area contributed by atoms with Crippen LogP contribution < -0.4 is 10.5 Å². The van der Waals surface area contributed by atoms with E-state index in [4.69, 9.17) is 10.5 Å². The minimum atomic E-state index is -0.0670. The predicted molar refractivity (Wildman–Crippen MR) is 87.7 cm³/mol. The SMILES string of the molecule is Cc1csc(COc2c([C@H](C)N)ccc3ccccc23)n1. The summed E-state index contributed by atoms with van der Waals surface area (Å²) in [6, 6.07) is 12.3. The van der Waals surface area contributed by atoms with Crippen LogP contribution in [0, 0.1) is 6.92 Å². The van der Waals surface area contributed by atoms with E-state index in [1.54, 1.807) is 11.3 Å². The molecule has 3 rings (SSSR count). The van der Waals surface area contributed by atoms with Crippen molar-refractivity contribution < 1.29 is 4.74 Å². The number of benzene rings is 2. The quantitative estimate of drug-likeness (QED) is 0.785. The van der Waals surface area contributed by atoms with Crippen LogP contribution in [0.15, 0.2) is 41.8 Å². The Morgan fingerprint density at radius 3 is 2.76 bits per heavy atom. The number of ether oxygens (including phenoxy) is 1. The molecule has 0 aliphatic rings. The first-order chi connectivity index (χ1) is 10.1. The molecular weight excluding hydrogens is 280 g/mol. The summed E-state index contributed by atoms with van der Waals surface area (Å²) in [5.74, 6) is 0.871. The third kappa shape index (κ3) is 2.91. The fraction of sp³-hybridized carbons (Fsp3) is 0.235. The highest BCUT2D eigenvalue weighted by molar-refractivity contribution is 7.09. The van der Waals surface area contributed by atoms with E-state index in [-0.39, 0.29) is 6.04 Å². The molecule has 0 aliphatic carbocycles. The summed E-state index contributed by atoms with van der Waals surface area (Å²) in [7, 11) is 0. The first-order valence-corrected chi connectivity index (χ1v) is 7.84. The maximum Gasteiger partial charge on any atom is 0.140 e. The van der Waals surface area contributed by atoms with E-state index in [0.29, 0.717) is 6.61 Å². The van der Waals surface area contributed by atoms with Gasteiger partial charge in [-0.1, -0.05) is 36.4 Å². The third-order valence-corrected chi connectivity index (χ3v) is 4.35. The summed E-state index contributed by atoms with van der Waals surface area (Å²) in [5, 5.41) is 5.28. The molecule has 1 heterocycles. The number of hydrogen-bond acceptors (Lipinski definition) is 4. The highest BCUT2D eigenvalue weighted by atomic mass is 32.1. The van der Waals surface area contributed by atoms with Gasteiger partial charge in [0.1, 0.15) is 17.4 Å². The van der Waals surface area contributed by atoms with Crippen molar-refractivity contribution in [2.24, 2.45) is 5.73 Å². The van der Waals surface area contributed by atoms with Crippen LogP contribution in [0.2, 0.25) is 0 Å². The molecule has 3 nitrogen and oxygen atoms in total. The summed E-state index contributed by atoms with van der Waals surface area (Å²) in [6.45, 7) is 4.45. The molecule has 0 radical (unpaired) electrons. The fourth-order valence-corrected chi connectivity index (χ4v) is 3.07. The minimum absolute atomic E-state index is 0.0670. The molecule has 0 saturated heterocycles. The fourth-order valence-electron chi connectivity index (χ4n) is 2.38. The maximum atomic E-state index is 6.09. The zero-order chi connectivity index (χ0) is 14.8. The smallest absolute Gasteiger partial charge is 0.140 e. The summed E-state index contributed by atoms with van der Waals surface area (Å²) < 4.78 is 6.08. The molecule has 1 aromatic heterocycles. The van der Waals surface area contributed by atoms with E-state index >= 15 is 0 Å². The molecule has 21 heavy (non-hydrogen) atoms. The Kier molecular flexibility index (Phi) is 3.90. The zero-order valence-electron chi connectivity index (χ0n) is 12.2. The summed E-state index contributed by atoms with van der Waals surface area (Å²) >= 11 is 1.62. The number of aromatic nitrogens is 1. The van der Waals surface area contributed by atoms with E-state index in [0.717, 1.165) is 32.8 Å². The van der Waals surface area contributed by atoms with E-state index in [9.17, 15) is 0 Å². The molecule has 0 bridgehead atoms. The summed E-state index contributed by atoms with van der Waals surface area (Å²) in [4.78, 5) is 4.44. The van der Waals surface area contributed by atoms with Crippen LogP contribution in [0.5, 0.6) is 5.75 Å². The molecule has 2 N–H and O–H groups in total. The number of hydrogen-bond donors (Lipinski definition) is 1. The van der Waals surface area contributed by atoms with Gasteiger partial charge in [-0.05, 0) is 19.2 Å². The van der Waals surface area contributed by atoms with E-state index < -0.39 is 0 Å². The average molecular weight is 298 g/mol. The molecule has 2 aromatic carbocycles. The van der Waals surface area contributed by atoms with Gasteiger partial charge in [-0.15, -0.1) is 11.3 Å². The molecule has 1 atom stereocenters. The standard InChI is InChI=1S/C17H18N2OS/c1-11-10-21-16(19-11)9-20-17-14(12(2)18)8-7-13-5-3-4-6-15(13)17/h3-8,10,12H,9,18H2,1-2H3/t12-/m0/s1. The molecule has 0 amide bonds. The first kappa shape index (κ1) is 14.0. The van der Waals surface area contributed by atoms with Gasteiger partial charge >= 0.3 is 0 Å². The lowest BCUT2D eigenvalue weighted by molar-refractivity contribution is 0.304. The first-order valence-electron chi connectivity index (χ1n) is 6.96. The predicted octanol–water partition coefficient (Wildman–Crippen LogP) is 4.20. The minimum Gasteiger partial charge on any atom is -0.485 e. The lowest BCUT2D eigenvalue weighted by Gasteiger charge is -2.16. The summed E-state index contributed by atoms with van der Waals surface area (Å²) in [5.41, 5.74) is 8.15. The normalized spacial score (nSPS) is 12.5. The van der Waals surface area contributed by atoms with Crippen LogP contribution in [0.25, 0.3) is 10.8 Å². The molecule has 3 aromatic rings. The van der Waals surface area contributed by atoms with Gasteiger partial charge in [-0.2, -0.15) is 0 Å². The van der Waals surface area contributed by atoms with Crippen LogP contribution in [0.3, 0.4) is 0 Å². The van der Waals surface area contributed by atoms with E-state index in [1.807, 2.05) is 31.4 Å². The monoisotopic (exact) mass is 298 g/mol. The third-order valence-electron chi connectivity index (χ3n) is 3.41. The van der Waals surface area contributed by atoms with Gasteiger partial charge in [0.05, 0.1) is 0 Å². The highest BCUT2D eigenvalue weighted by Crippen LogP contribution is 2.33. The van der Waals surface area contributed by atoms with Crippen molar-refractivity contribution in [1.29, 1.82) is 0 Å². The number of rotatable bonds is 4. The number of nitrogens with two attached hydrogens (primary N) is 1. The second-order valence-corrected chi connectivity index (χ2v) is 6.11. The summed E-state index contributed by atoms with van der Waals surface area (Å²) in [6.07, 6.45) is 0. The molecule has 0 unspecified atom stereocenters. The number of nitrogens with zero attached hydrogens (tertiary/aromatic N) is 1. The Morgan fingerprint density at radius 2 is 2.05 bits per heavy atom. The Balaban J connectivity index is 1.99. The van der Waals surface area contributed by atoms with Gasteiger partial charge in [0.25, 0.3) is 0 Å². The molecule has 0 saturated carbocycles. The van der Waals surface area contributed by atoms with Gasteiger partial charge in [0.2, 0.25) is 0 Å². The van der Waals surface area contributed by atoms with Crippen molar-refractivity contribution in [3.8, 4) is 5.75 Å². The Morgan fingerprint density at radius 1 is 1.24 bits per heavy atom. The van der Waals surface area contributed by atoms with Crippen LogP contribution in [0.1, 0.15) is 29.2 Å². The van der Waals surface area contributed by atoms with Crippen molar-refractivity contribution in [3.63, 3.8) is 0 Å². The van der Waals surface area contributed by atoms with Crippen LogP contribution in [-0.4, -0.2) is 4.98 Å². The number of thiazole rings is 1. The molecular formula is C17H18N2OS. The Hall–Kier alpha value is -1.91. The van der Waals surface area contributed by atoms with Gasteiger partial charge in [-0.25, -0.2) is 4.98 Å². The Labute approximate surface area is 128 Å². The second kappa shape index (κ2) is 5.84. The molecule has 0 spiro atoms. The van der Waals surface area contributed by atoms with Crippen molar-refractivity contribution in [2.75, 3.05) is 0 Å². The maximum absolute atomic E-state index is 6.09. The number of aryl methyl sites for hydroxylation is 1. The van der Waals surface area contributed by atoms with Gasteiger partial charge < -0.3 is 10.5 Å². The molecule has 108 valence electrons. The van der Waals surface area contributed by atoms with Gasteiger partial charge in [0, 0.05) is 28.1 Å².